The van der Waals surface area contributed by atoms with Crippen LogP contribution in [0.1, 0.15) is 67.2 Å². The molecule has 0 saturated carbocycles. The molecule has 2 aliphatic rings. The highest BCUT2D eigenvalue weighted by atomic mass is 16.6. The molecule has 2 rings (SSSR count). The Labute approximate surface area is 148 Å². The second-order valence-electron chi connectivity index (χ2n) is 9.35. The molecule has 140 valence electrons. The summed E-state index contributed by atoms with van der Waals surface area (Å²) >= 11 is 0. The molecular weight excluding hydrogens is 302 g/mol. The number of nitrogens with zero attached hydrogens (tertiary/aromatic N) is 2. The number of hydrogen-bond acceptors (Lipinski definition) is 4. The van der Waals surface area contributed by atoms with E-state index in [2.05, 4.69) is 35.9 Å². The molecule has 24 heavy (non-hydrogen) atoms. The zero-order chi connectivity index (χ0) is 18.0. The number of ether oxygens (including phenoxy) is 1. The first-order valence-corrected chi connectivity index (χ1v) is 9.53. The summed E-state index contributed by atoms with van der Waals surface area (Å²) in [4.78, 5) is 17.1. The molecule has 2 aliphatic heterocycles. The third-order valence-electron chi connectivity index (χ3n) is 5.18. The second kappa shape index (κ2) is 7.61. The molecule has 0 radical (unpaired) electrons. The topological polar surface area (TPSA) is 44.8 Å². The molecule has 0 spiro atoms. The van der Waals surface area contributed by atoms with Gasteiger partial charge < -0.3 is 15.0 Å². The zero-order valence-corrected chi connectivity index (χ0v) is 16.5. The van der Waals surface area contributed by atoms with Crippen molar-refractivity contribution in [2.75, 3.05) is 26.2 Å². The molecule has 5 heteroatoms. The van der Waals surface area contributed by atoms with Gasteiger partial charge in [0, 0.05) is 43.8 Å². The smallest absolute Gasteiger partial charge is 0.407 e. The van der Waals surface area contributed by atoms with Crippen molar-refractivity contribution in [1.82, 2.24) is 15.1 Å². The summed E-state index contributed by atoms with van der Waals surface area (Å²) in [6.07, 6.45) is 4.31. The Bertz CT molecular complexity index is 409. The summed E-state index contributed by atoms with van der Waals surface area (Å²) in [5.74, 6) is 0. The van der Waals surface area contributed by atoms with Crippen LogP contribution in [0.5, 0.6) is 0 Å². The standard InChI is InChI=1S/C19H37N3O2/c1-18(2,3)22-13-9-16(10-14-22)21-11-7-15(8-12-21)20-17(23)24-19(4,5)6/h15-16H,7-14H2,1-6H3,(H,20,23). The van der Waals surface area contributed by atoms with E-state index in [4.69, 9.17) is 4.74 Å². The first-order valence-electron chi connectivity index (χ1n) is 9.53. The van der Waals surface area contributed by atoms with Gasteiger partial charge in [-0.15, -0.1) is 0 Å². The van der Waals surface area contributed by atoms with E-state index in [1.165, 1.54) is 25.9 Å². The maximum absolute atomic E-state index is 11.9. The second-order valence-corrected chi connectivity index (χ2v) is 9.35. The number of nitrogens with one attached hydrogen (secondary N) is 1. The maximum atomic E-state index is 11.9. The third kappa shape index (κ3) is 5.92. The van der Waals surface area contributed by atoms with Gasteiger partial charge in [0.05, 0.1) is 0 Å². The average Bonchev–Trinajstić information content (AvgIpc) is 2.45. The monoisotopic (exact) mass is 339 g/mol. The van der Waals surface area contributed by atoms with Crippen LogP contribution in [0.25, 0.3) is 0 Å². The van der Waals surface area contributed by atoms with Crippen LogP contribution < -0.4 is 5.32 Å². The Kier molecular flexibility index (Phi) is 6.19. The van der Waals surface area contributed by atoms with Gasteiger partial charge in [-0.2, -0.15) is 0 Å². The summed E-state index contributed by atoms with van der Waals surface area (Å²) < 4.78 is 5.36. The van der Waals surface area contributed by atoms with Crippen LogP contribution in [0.4, 0.5) is 4.79 Å². The third-order valence-corrected chi connectivity index (χ3v) is 5.18. The first kappa shape index (κ1) is 19.5. The highest BCUT2D eigenvalue weighted by Crippen LogP contribution is 2.25. The van der Waals surface area contributed by atoms with Gasteiger partial charge in [0.15, 0.2) is 0 Å². The van der Waals surface area contributed by atoms with E-state index in [1.807, 2.05) is 20.8 Å². The SMILES string of the molecule is CC(C)(C)OC(=O)NC1CCN(C2CCN(C(C)(C)C)CC2)CC1. The lowest BCUT2D eigenvalue weighted by molar-refractivity contribution is 0.0365. The minimum Gasteiger partial charge on any atom is -0.444 e. The van der Waals surface area contributed by atoms with E-state index in [1.54, 1.807) is 0 Å². The molecule has 2 saturated heterocycles. The lowest BCUT2D eigenvalue weighted by atomic mass is 9.95. The minimum absolute atomic E-state index is 0.255. The van der Waals surface area contributed by atoms with Crippen LogP contribution in [-0.2, 0) is 4.74 Å². The molecule has 0 bridgehead atoms. The van der Waals surface area contributed by atoms with Crippen LogP contribution in [0.2, 0.25) is 0 Å². The van der Waals surface area contributed by atoms with Gasteiger partial charge >= 0.3 is 6.09 Å². The largest absolute Gasteiger partial charge is 0.444 e. The Morgan fingerprint density at radius 2 is 1.46 bits per heavy atom. The first-order chi connectivity index (χ1) is 11.0. The molecule has 5 nitrogen and oxygen atoms in total. The van der Waals surface area contributed by atoms with Crippen molar-refractivity contribution in [2.24, 2.45) is 0 Å². The molecule has 2 fully saturated rings. The minimum atomic E-state index is -0.425. The Morgan fingerprint density at radius 1 is 0.917 bits per heavy atom. The van der Waals surface area contributed by atoms with Gasteiger partial charge in [-0.3, -0.25) is 4.90 Å². The molecule has 2 heterocycles. The molecule has 1 amide bonds. The fourth-order valence-electron chi connectivity index (χ4n) is 3.78. The van der Waals surface area contributed by atoms with Gasteiger partial charge in [0.2, 0.25) is 0 Å². The summed E-state index contributed by atoms with van der Waals surface area (Å²) in [6, 6.07) is 0.969. The van der Waals surface area contributed by atoms with E-state index in [9.17, 15) is 4.79 Å². The highest BCUT2D eigenvalue weighted by Gasteiger charge is 2.32. The number of likely N-dealkylation sites (tertiary alicyclic amines) is 2. The van der Waals surface area contributed by atoms with Crippen molar-refractivity contribution in [3.63, 3.8) is 0 Å². The van der Waals surface area contributed by atoms with Crippen molar-refractivity contribution in [3.8, 4) is 0 Å². The predicted octanol–water partition coefficient (Wildman–Crippen LogP) is 3.24. The summed E-state index contributed by atoms with van der Waals surface area (Å²) in [5.41, 5.74) is -0.138. The van der Waals surface area contributed by atoms with Gasteiger partial charge in [-0.1, -0.05) is 0 Å². The molecule has 0 aliphatic carbocycles. The molecule has 0 unspecified atom stereocenters. The quantitative estimate of drug-likeness (QED) is 0.839. The van der Waals surface area contributed by atoms with E-state index < -0.39 is 5.60 Å². The number of piperidine rings is 2. The van der Waals surface area contributed by atoms with Crippen molar-refractivity contribution in [1.29, 1.82) is 0 Å². The van der Waals surface area contributed by atoms with Crippen LogP contribution >= 0.6 is 0 Å². The van der Waals surface area contributed by atoms with Crippen molar-refractivity contribution >= 4 is 6.09 Å². The van der Waals surface area contributed by atoms with Crippen LogP contribution in [0.15, 0.2) is 0 Å². The molecule has 0 aromatic heterocycles. The summed E-state index contributed by atoms with van der Waals surface area (Å²) in [6.45, 7) is 17.2. The molecule has 0 atom stereocenters. The Balaban J connectivity index is 1.71. The van der Waals surface area contributed by atoms with E-state index in [0.29, 0.717) is 6.04 Å². The highest BCUT2D eigenvalue weighted by molar-refractivity contribution is 5.68. The van der Waals surface area contributed by atoms with Gasteiger partial charge in [0.1, 0.15) is 5.60 Å². The molecule has 0 aromatic rings. The van der Waals surface area contributed by atoms with Gasteiger partial charge in [0.25, 0.3) is 0 Å². The summed E-state index contributed by atoms with van der Waals surface area (Å²) in [7, 11) is 0. The number of alkyl carbamates (subject to hydrolysis) is 1. The fourth-order valence-corrected chi connectivity index (χ4v) is 3.78. The number of hydrogen-bond donors (Lipinski definition) is 1. The zero-order valence-electron chi connectivity index (χ0n) is 16.5. The predicted molar refractivity (Wildman–Crippen MR) is 98.3 cm³/mol. The van der Waals surface area contributed by atoms with Crippen LogP contribution in [0.3, 0.4) is 0 Å². The van der Waals surface area contributed by atoms with Crippen molar-refractivity contribution < 1.29 is 9.53 Å². The molecular formula is C19H37N3O2. The Hall–Kier alpha value is -0.810. The normalized spacial score (nSPS) is 23.2. The summed E-state index contributed by atoms with van der Waals surface area (Å²) in [5, 5.41) is 3.03. The molecule has 1 N–H and O–H groups in total. The van der Waals surface area contributed by atoms with Gasteiger partial charge in [-0.05, 0) is 67.2 Å². The number of carbonyl (C=O) groups is 1. The fraction of sp³-hybridized carbons (Fsp3) is 0.947. The van der Waals surface area contributed by atoms with Crippen LogP contribution in [-0.4, -0.2) is 65.3 Å². The van der Waals surface area contributed by atoms with Crippen LogP contribution in [0, 0.1) is 0 Å². The van der Waals surface area contributed by atoms with Crippen molar-refractivity contribution in [3.05, 3.63) is 0 Å². The van der Waals surface area contributed by atoms with Gasteiger partial charge in [-0.25, -0.2) is 4.79 Å². The number of rotatable bonds is 2. The lowest BCUT2D eigenvalue weighted by Gasteiger charge is -2.45. The lowest BCUT2D eigenvalue weighted by Crippen LogP contribution is -2.54. The number of carbonyl (C=O) groups excluding carboxylic acids is 1. The maximum Gasteiger partial charge on any atom is 0.407 e. The average molecular weight is 340 g/mol. The Morgan fingerprint density at radius 3 is 1.92 bits per heavy atom. The van der Waals surface area contributed by atoms with E-state index in [0.717, 1.165) is 25.9 Å². The van der Waals surface area contributed by atoms with Crippen molar-refractivity contribution in [2.45, 2.75) is 90.4 Å². The molecule has 0 aromatic carbocycles. The van der Waals surface area contributed by atoms with E-state index in [-0.39, 0.29) is 17.7 Å². The number of amides is 1. The van der Waals surface area contributed by atoms with E-state index >= 15 is 0 Å².